The Morgan fingerprint density at radius 3 is 3.00 bits per heavy atom. The molecule has 1 aliphatic rings. The second kappa shape index (κ2) is 5.63. The number of thioether (sulfide) groups is 1. The molecule has 4 nitrogen and oxygen atoms in total. The van der Waals surface area contributed by atoms with Gasteiger partial charge >= 0.3 is 0 Å². The highest BCUT2D eigenvalue weighted by Gasteiger charge is 2.26. The Kier molecular flexibility index (Phi) is 3.69. The third-order valence-electron chi connectivity index (χ3n) is 3.29. The van der Waals surface area contributed by atoms with E-state index in [0.717, 1.165) is 27.5 Å². The minimum atomic E-state index is 0.0690. The van der Waals surface area contributed by atoms with Crippen LogP contribution in [0.25, 0.3) is 0 Å². The fraction of sp³-hybridized carbons (Fsp3) is 0.267. The Morgan fingerprint density at radius 2 is 2.20 bits per heavy atom. The van der Waals surface area contributed by atoms with Gasteiger partial charge < -0.3 is 4.90 Å². The average molecular weight is 285 g/mol. The molecule has 102 valence electrons. The molecule has 0 unspecified atom stereocenters. The van der Waals surface area contributed by atoms with Crippen molar-refractivity contribution >= 4 is 17.7 Å². The maximum absolute atomic E-state index is 12.7. The van der Waals surface area contributed by atoms with Crippen LogP contribution >= 0.6 is 11.8 Å². The summed E-state index contributed by atoms with van der Waals surface area (Å²) < 4.78 is 0. The number of carbonyl (C=O) groups is 1. The van der Waals surface area contributed by atoms with E-state index >= 15 is 0 Å². The van der Waals surface area contributed by atoms with Gasteiger partial charge in [-0.3, -0.25) is 4.79 Å². The van der Waals surface area contributed by atoms with Crippen molar-refractivity contribution in [3.8, 4) is 0 Å². The summed E-state index contributed by atoms with van der Waals surface area (Å²) in [4.78, 5) is 23.8. The van der Waals surface area contributed by atoms with Gasteiger partial charge in [-0.15, -0.1) is 11.8 Å². The summed E-state index contributed by atoms with van der Waals surface area (Å²) in [6.07, 6.45) is 3.33. The molecular formula is C15H15N3OS. The molecule has 2 heterocycles. The monoisotopic (exact) mass is 285 g/mol. The third-order valence-corrected chi connectivity index (χ3v) is 4.24. The number of fused-ring (bicyclic) bond motifs is 1. The molecule has 0 saturated carbocycles. The largest absolute Gasteiger partial charge is 0.328 e. The smallest absolute Gasteiger partial charge is 0.255 e. The number of carbonyl (C=O) groups excluding carboxylic acids is 1. The first kappa shape index (κ1) is 13.1. The van der Waals surface area contributed by atoms with Gasteiger partial charge in [-0.1, -0.05) is 19.1 Å². The van der Waals surface area contributed by atoms with Gasteiger partial charge in [-0.05, 0) is 17.9 Å². The number of benzene rings is 1. The van der Waals surface area contributed by atoms with Crippen LogP contribution in [0.2, 0.25) is 0 Å². The Labute approximate surface area is 122 Å². The van der Waals surface area contributed by atoms with E-state index in [-0.39, 0.29) is 5.91 Å². The van der Waals surface area contributed by atoms with E-state index in [0.29, 0.717) is 13.1 Å². The predicted octanol–water partition coefficient (Wildman–Crippen LogP) is 2.74. The molecule has 1 amide bonds. The molecule has 5 heteroatoms. The lowest BCUT2D eigenvalue weighted by Gasteiger charge is -2.17. The zero-order chi connectivity index (χ0) is 13.9. The lowest BCUT2D eigenvalue weighted by Crippen LogP contribution is -2.25. The van der Waals surface area contributed by atoms with Crippen LogP contribution in [0, 0.1) is 0 Å². The predicted molar refractivity (Wildman–Crippen MR) is 78.4 cm³/mol. The van der Waals surface area contributed by atoms with Gasteiger partial charge in [0.25, 0.3) is 5.91 Å². The molecule has 0 aliphatic carbocycles. The number of rotatable bonds is 3. The molecule has 0 N–H and O–H groups in total. The summed E-state index contributed by atoms with van der Waals surface area (Å²) in [6.45, 7) is 3.26. The fourth-order valence-corrected chi connectivity index (χ4v) is 3.14. The lowest BCUT2D eigenvalue weighted by molar-refractivity contribution is 0.0747. The van der Waals surface area contributed by atoms with E-state index in [9.17, 15) is 4.79 Å². The van der Waals surface area contributed by atoms with E-state index in [2.05, 4.69) is 16.9 Å². The summed E-state index contributed by atoms with van der Waals surface area (Å²) in [5, 5.41) is 0. The van der Waals surface area contributed by atoms with Crippen molar-refractivity contribution in [3.63, 3.8) is 0 Å². The highest BCUT2D eigenvalue weighted by Crippen LogP contribution is 2.27. The lowest BCUT2D eigenvalue weighted by atomic mass is 10.2. The average Bonchev–Trinajstić information content (AvgIpc) is 2.91. The standard InChI is InChI=1S/C15H15N3OS/c1-2-20-14-6-4-3-5-12(14)15(19)18-8-11-7-16-10-17-13(11)9-18/h3-7,10H,2,8-9H2,1H3. The first-order chi connectivity index (χ1) is 9.79. The first-order valence-electron chi connectivity index (χ1n) is 6.58. The quantitative estimate of drug-likeness (QED) is 0.814. The molecular weight excluding hydrogens is 270 g/mol. The molecule has 20 heavy (non-hydrogen) atoms. The Morgan fingerprint density at radius 1 is 1.35 bits per heavy atom. The Balaban J connectivity index is 1.85. The first-order valence-corrected chi connectivity index (χ1v) is 7.57. The van der Waals surface area contributed by atoms with E-state index < -0.39 is 0 Å². The molecule has 0 saturated heterocycles. The Hall–Kier alpha value is -1.88. The van der Waals surface area contributed by atoms with Crippen molar-refractivity contribution in [2.24, 2.45) is 0 Å². The van der Waals surface area contributed by atoms with Crippen LogP contribution in [0.3, 0.4) is 0 Å². The van der Waals surface area contributed by atoms with Crippen molar-refractivity contribution < 1.29 is 4.79 Å². The zero-order valence-corrected chi connectivity index (χ0v) is 12.1. The van der Waals surface area contributed by atoms with Crippen LogP contribution in [0.1, 0.15) is 28.5 Å². The van der Waals surface area contributed by atoms with Crippen LogP contribution in [0.4, 0.5) is 0 Å². The van der Waals surface area contributed by atoms with E-state index in [1.165, 1.54) is 6.33 Å². The highest BCUT2D eigenvalue weighted by molar-refractivity contribution is 7.99. The molecule has 0 spiro atoms. The van der Waals surface area contributed by atoms with Crippen molar-refractivity contribution in [1.82, 2.24) is 14.9 Å². The minimum Gasteiger partial charge on any atom is -0.328 e. The zero-order valence-electron chi connectivity index (χ0n) is 11.2. The number of aromatic nitrogens is 2. The number of amides is 1. The van der Waals surface area contributed by atoms with Gasteiger partial charge in [0.15, 0.2) is 0 Å². The van der Waals surface area contributed by atoms with Crippen molar-refractivity contribution in [2.75, 3.05) is 5.75 Å². The molecule has 2 aromatic rings. The molecule has 1 aromatic heterocycles. The maximum Gasteiger partial charge on any atom is 0.255 e. The van der Waals surface area contributed by atoms with Gasteiger partial charge in [0.2, 0.25) is 0 Å². The summed E-state index contributed by atoms with van der Waals surface area (Å²) in [6, 6.07) is 7.79. The number of nitrogens with zero attached hydrogens (tertiary/aromatic N) is 3. The van der Waals surface area contributed by atoms with Crippen LogP contribution in [-0.4, -0.2) is 26.5 Å². The molecule has 0 bridgehead atoms. The summed E-state index contributed by atoms with van der Waals surface area (Å²) in [5.41, 5.74) is 2.77. The molecule has 0 radical (unpaired) electrons. The molecule has 0 atom stereocenters. The maximum atomic E-state index is 12.7. The fourth-order valence-electron chi connectivity index (χ4n) is 2.34. The SMILES string of the molecule is CCSc1ccccc1C(=O)N1Cc2cncnc2C1. The van der Waals surface area contributed by atoms with Gasteiger partial charge in [0, 0.05) is 23.2 Å². The van der Waals surface area contributed by atoms with Crippen LogP contribution in [0.5, 0.6) is 0 Å². The van der Waals surface area contributed by atoms with Gasteiger partial charge in [0.1, 0.15) is 6.33 Å². The highest BCUT2D eigenvalue weighted by atomic mass is 32.2. The summed E-state index contributed by atoms with van der Waals surface area (Å²) in [7, 11) is 0. The van der Waals surface area contributed by atoms with Crippen molar-refractivity contribution in [1.29, 1.82) is 0 Å². The molecule has 3 rings (SSSR count). The van der Waals surface area contributed by atoms with E-state index in [1.54, 1.807) is 18.0 Å². The normalized spacial score (nSPS) is 13.3. The van der Waals surface area contributed by atoms with E-state index in [1.807, 2.05) is 29.2 Å². The third kappa shape index (κ3) is 2.41. The van der Waals surface area contributed by atoms with Gasteiger partial charge in [-0.25, -0.2) is 9.97 Å². The summed E-state index contributed by atoms with van der Waals surface area (Å²) >= 11 is 1.70. The topological polar surface area (TPSA) is 46.1 Å². The van der Waals surface area contributed by atoms with Crippen LogP contribution in [0.15, 0.2) is 41.7 Å². The van der Waals surface area contributed by atoms with E-state index in [4.69, 9.17) is 0 Å². The van der Waals surface area contributed by atoms with Crippen LogP contribution < -0.4 is 0 Å². The Bertz CT molecular complexity index is 620. The van der Waals surface area contributed by atoms with Crippen molar-refractivity contribution in [2.45, 2.75) is 24.9 Å². The molecule has 1 aromatic carbocycles. The number of hydrogen-bond donors (Lipinski definition) is 0. The molecule has 0 fully saturated rings. The second-order valence-electron chi connectivity index (χ2n) is 4.59. The van der Waals surface area contributed by atoms with Gasteiger partial charge in [0.05, 0.1) is 17.8 Å². The summed E-state index contributed by atoms with van der Waals surface area (Å²) in [5.74, 6) is 1.02. The minimum absolute atomic E-state index is 0.0690. The van der Waals surface area contributed by atoms with Crippen molar-refractivity contribution in [3.05, 3.63) is 53.6 Å². The van der Waals surface area contributed by atoms with Gasteiger partial charge in [-0.2, -0.15) is 0 Å². The number of hydrogen-bond acceptors (Lipinski definition) is 4. The van der Waals surface area contributed by atoms with Crippen LogP contribution in [-0.2, 0) is 13.1 Å². The second-order valence-corrected chi connectivity index (χ2v) is 5.89. The molecule has 1 aliphatic heterocycles.